The van der Waals surface area contributed by atoms with Gasteiger partial charge >= 0.3 is 0 Å². The van der Waals surface area contributed by atoms with Crippen molar-refractivity contribution >= 4 is 44.0 Å². The molecule has 0 radical (unpaired) electrons. The second-order valence-corrected chi connectivity index (χ2v) is 7.06. The van der Waals surface area contributed by atoms with E-state index in [2.05, 4.69) is 52.7 Å². The Bertz CT molecular complexity index is 957. The Kier molecular flexibility index (Phi) is 5.79. The minimum atomic E-state index is -0.362. The first kappa shape index (κ1) is 18.3. The van der Waals surface area contributed by atoms with Crippen molar-refractivity contribution in [2.24, 2.45) is 5.10 Å². The fourth-order valence-electron chi connectivity index (χ4n) is 2.16. The summed E-state index contributed by atoms with van der Waals surface area (Å²) in [5.74, 6) is -0.325. The molecule has 0 aliphatic carbocycles. The monoisotopic (exact) mass is 477 g/mol. The van der Waals surface area contributed by atoms with Gasteiger partial charge in [0.25, 0.3) is 5.91 Å². The van der Waals surface area contributed by atoms with Crippen LogP contribution in [0, 0.1) is 0 Å². The summed E-state index contributed by atoms with van der Waals surface area (Å²) in [6, 6.07) is 13.0. The summed E-state index contributed by atoms with van der Waals surface area (Å²) in [5, 5.41) is 21.8. The number of benzene rings is 2. The summed E-state index contributed by atoms with van der Waals surface area (Å²) in [7, 11) is 0. The lowest BCUT2D eigenvalue weighted by atomic mass is 10.2. The highest BCUT2D eigenvalue weighted by Gasteiger charge is 2.08. The number of hydrogen-bond donors (Lipinski definition) is 2. The summed E-state index contributed by atoms with van der Waals surface area (Å²) in [6.45, 7) is -0.0225. The van der Waals surface area contributed by atoms with Crippen LogP contribution >= 0.6 is 31.9 Å². The van der Waals surface area contributed by atoms with Gasteiger partial charge in [0.1, 0.15) is 18.0 Å². The third-order valence-corrected chi connectivity index (χ3v) is 4.43. The van der Waals surface area contributed by atoms with Crippen molar-refractivity contribution < 1.29 is 9.90 Å². The average Bonchev–Trinajstić information content (AvgIpc) is 3.08. The lowest BCUT2D eigenvalue weighted by Gasteiger charge is -2.03. The number of phenols is 1. The van der Waals surface area contributed by atoms with Crippen LogP contribution in [0.5, 0.6) is 5.75 Å². The van der Waals surface area contributed by atoms with Gasteiger partial charge in [-0.3, -0.25) is 4.79 Å². The van der Waals surface area contributed by atoms with Gasteiger partial charge in [0.05, 0.1) is 16.9 Å². The number of rotatable bonds is 5. The third-order valence-electron chi connectivity index (χ3n) is 3.36. The molecule has 3 rings (SSSR count). The molecule has 1 amide bonds. The molecule has 0 fully saturated rings. The minimum Gasteiger partial charge on any atom is -0.506 e. The third kappa shape index (κ3) is 4.55. The van der Waals surface area contributed by atoms with Crippen LogP contribution in [-0.2, 0) is 11.3 Å². The Morgan fingerprint density at radius 1 is 1.27 bits per heavy atom. The van der Waals surface area contributed by atoms with Gasteiger partial charge in [-0.05, 0) is 28.1 Å². The lowest BCUT2D eigenvalue weighted by Crippen LogP contribution is -2.23. The standard InChI is InChI=1S/C17H13Br2N5O2/c18-13-6-12(17(26)14(19)7-13)8-20-22-16(25)10-24-9-15(21-23-24)11-4-2-1-3-5-11/h1-9,26H,10H2,(H,22,25)/b20-8+. The molecule has 1 aromatic heterocycles. The molecular weight excluding hydrogens is 466 g/mol. The number of carbonyl (C=O) groups excluding carboxylic acids is 1. The number of amides is 1. The number of hydrazone groups is 1. The van der Waals surface area contributed by atoms with E-state index >= 15 is 0 Å². The summed E-state index contributed by atoms with van der Waals surface area (Å²) < 4.78 is 2.72. The molecule has 3 aromatic rings. The SMILES string of the molecule is O=C(Cn1cc(-c2ccccc2)nn1)N/N=C/c1cc(Br)cc(Br)c1O. The molecule has 2 N–H and O–H groups in total. The first-order chi connectivity index (χ1) is 12.5. The number of halogens is 2. The minimum absolute atomic E-state index is 0.0225. The van der Waals surface area contributed by atoms with Crippen LogP contribution in [0.15, 0.2) is 62.7 Å². The molecule has 0 spiro atoms. The zero-order valence-electron chi connectivity index (χ0n) is 13.3. The van der Waals surface area contributed by atoms with Gasteiger partial charge in [0.2, 0.25) is 0 Å². The van der Waals surface area contributed by atoms with E-state index in [1.165, 1.54) is 10.9 Å². The number of phenolic OH excluding ortho intramolecular Hbond substituents is 1. The number of nitrogens with one attached hydrogen (secondary N) is 1. The zero-order valence-corrected chi connectivity index (χ0v) is 16.5. The Labute approximate surface area is 166 Å². The normalized spacial score (nSPS) is 11.0. The lowest BCUT2D eigenvalue weighted by molar-refractivity contribution is -0.121. The number of aromatic hydroxyl groups is 1. The number of hydrogen-bond acceptors (Lipinski definition) is 5. The Hall–Kier alpha value is -2.52. The first-order valence-corrected chi connectivity index (χ1v) is 9.07. The van der Waals surface area contributed by atoms with Crippen LogP contribution in [0.3, 0.4) is 0 Å². The predicted molar refractivity (Wildman–Crippen MR) is 105 cm³/mol. The maximum atomic E-state index is 12.0. The quantitative estimate of drug-likeness (QED) is 0.434. The fourth-order valence-corrected chi connectivity index (χ4v) is 3.42. The maximum absolute atomic E-state index is 12.0. The van der Waals surface area contributed by atoms with Crippen molar-refractivity contribution in [3.63, 3.8) is 0 Å². The van der Waals surface area contributed by atoms with Crippen LogP contribution in [-0.4, -0.2) is 32.2 Å². The van der Waals surface area contributed by atoms with Crippen molar-refractivity contribution in [1.82, 2.24) is 20.4 Å². The Morgan fingerprint density at radius 3 is 2.81 bits per heavy atom. The van der Waals surface area contributed by atoms with E-state index in [1.807, 2.05) is 30.3 Å². The smallest absolute Gasteiger partial charge is 0.261 e. The highest BCUT2D eigenvalue weighted by atomic mass is 79.9. The molecule has 0 saturated carbocycles. The van der Waals surface area contributed by atoms with E-state index in [4.69, 9.17) is 0 Å². The molecule has 26 heavy (non-hydrogen) atoms. The fraction of sp³-hybridized carbons (Fsp3) is 0.0588. The van der Waals surface area contributed by atoms with Crippen molar-refractivity contribution in [3.05, 3.63) is 63.2 Å². The molecule has 0 atom stereocenters. The van der Waals surface area contributed by atoms with Crippen LogP contribution in [0.25, 0.3) is 11.3 Å². The van der Waals surface area contributed by atoms with Gasteiger partial charge in [-0.25, -0.2) is 10.1 Å². The molecule has 2 aromatic carbocycles. The predicted octanol–water partition coefficient (Wildman–Crippen LogP) is 3.33. The van der Waals surface area contributed by atoms with Gasteiger partial charge in [0.15, 0.2) is 0 Å². The summed E-state index contributed by atoms with van der Waals surface area (Å²) >= 11 is 6.56. The van der Waals surface area contributed by atoms with Gasteiger partial charge < -0.3 is 5.11 Å². The van der Waals surface area contributed by atoms with Crippen molar-refractivity contribution in [2.75, 3.05) is 0 Å². The number of aromatic nitrogens is 3. The molecule has 132 valence electrons. The molecule has 0 unspecified atom stereocenters. The Balaban J connectivity index is 1.61. The molecule has 7 nitrogen and oxygen atoms in total. The largest absolute Gasteiger partial charge is 0.506 e. The van der Waals surface area contributed by atoms with Crippen LogP contribution < -0.4 is 5.43 Å². The van der Waals surface area contributed by atoms with E-state index in [-0.39, 0.29) is 18.2 Å². The molecule has 9 heteroatoms. The molecule has 1 heterocycles. The molecule has 0 aliphatic rings. The molecule has 0 saturated heterocycles. The summed E-state index contributed by atoms with van der Waals surface area (Å²) in [4.78, 5) is 12.0. The highest BCUT2D eigenvalue weighted by molar-refractivity contribution is 9.11. The summed E-state index contributed by atoms with van der Waals surface area (Å²) in [5.41, 5.74) is 4.46. The number of nitrogens with zero attached hydrogens (tertiary/aromatic N) is 4. The van der Waals surface area contributed by atoms with Crippen molar-refractivity contribution in [1.29, 1.82) is 0 Å². The van der Waals surface area contributed by atoms with Gasteiger partial charge in [-0.2, -0.15) is 5.10 Å². The topological polar surface area (TPSA) is 92.4 Å². The Morgan fingerprint density at radius 2 is 2.04 bits per heavy atom. The first-order valence-electron chi connectivity index (χ1n) is 7.48. The summed E-state index contributed by atoms with van der Waals surface area (Å²) in [6.07, 6.45) is 3.05. The van der Waals surface area contributed by atoms with Gasteiger partial charge in [-0.15, -0.1) is 5.10 Å². The van der Waals surface area contributed by atoms with E-state index < -0.39 is 0 Å². The molecular formula is C17H13Br2N5O2. The van der Waals surface area contributed by atoms with Gasteiger partial charge in [-0.1, -0.05) is 51.5 Å². The van der Waals surface area contributed by atoms with E-state index in [0.717, 1.165) is 10.0 Å². The van der Waals surface area contributed by atoms with Crippen LogP contribution in [0.2, 0.25) is 0 Å². The average molecular weight is 479 g/mol. The maximum Gasteiger partial charge on any atom is 0.261 e. The number of carbonyl (C=O) groups is 1. The highest BCUT2D eigenvalue weighted by Crippen LogP contribution is 2.30. The second-order valence-electron chi connectivity index (χ2n) is 5.29. The second kappa shape index (κ2) is 8.24. The van der Waals surface area contributed by atoms with E-state index in [0.29, 0.717) is 15.7 Å². The van der Waals surface area contributed by atoms with Crippen LogP contribution in [0.4, 0.5) is 0 Å². The zero-order chi connectivity index (χ0) is 18.5. The van der Waals surface area contributed by atoms with Crippen LogP contribution in [0.1, 0.15) is 5.56 Å². The van der Waals surface area contributed by atoms with Crippen molar-refractivity contribution in [2.45, 2.75) is 6.54 Å². The molecule has 0 bridgehead atoms. The van der Waals surface area contributed by atoms with Gasteiger partial charge in [0, 0.05) is 15.6 Å². The van der Waals surface area contributed by atoms with Crippen molar-refractivity contribution in [3.8, 4) is 17.0 Å². The molecule has 0 aliphatic heterocycles. The van der Waals surface area contributed by atoms with E-state index in [9.17, 15) is 9.90 Å². The van der Waals surface area contributed by atoms with E-state index in [1.54, 1.807) is 18.3 Å².